The summed E-state index contributed by atoms with van der Waals surface area (Å²) < 4.78 is 7.83. The van der Waals surface area contributed by atoms with E-state index >= 15 is 0 Å². The van der Waals surface area contributed by atoms with Gasteiger partial charge in [-0.25, -0.2) is 0 Å². The average Bonchev–Trinajstić information content (AvgIpc) is 3.08. The summed E-state index contributed by atoms with van der Waals surface area (Å²) in [6, 6.07) is 24.6. The molecule has 0 radical (unpaired) electrons. The number of ether oxygens (including phenoxy) is 1. The molecule has 0 spiro atoms. The largest absolute Gasteiger partial charge is 0.389 e. The van der Waals surface area contributed by atoms with Gasteiger partial charge in [0, 0.05) is 38.6 Å². The molecule has 2 aromatic carbocycles. The maximum absolute atomic E-state index is 10.5. The maximum Gasteiger partial charge on any atom is 0.0900 e. The third-order valence-corrected chi connectivity index (χ3v) is 4.58. The summed E-state index contributed by atoms with van der Waals surface area (Å²) in [4.78, 5) is 2.27. The fourth-order valence-corrected chi connectivity index (χ4v) is 3.15. The number of aliphatic hydroxyl groups excluding tert-OH is 1. The van der Waals surface area contributed by atoms with Crippen LogP contribution in [0, 0.1) is 0 Å². The van der Waals surface area contributed by atoms with Crippen LogP contribution in [0.2, 0.25) is 0 Å². The quantitative estimate of drug-likeness (QED) is 0.597. The van der Waals surface area contributed by atoms with Crippen molar-refractivity contribution in [2.75, 3.05) is 13.2 Å². The van der Waals surface area contributed by atoms with E-state index in [2.05, 4.69) is 59.1 Å². The molecule has 0 aliphatic rings. The van der Waals surface area contributed by atoms with Crippen molar-refractivity contribution in [2.45, 2.75) is 25.8 Å². The monoisotopic (exact) mass is 364 g/mol. The molecule has 0 aliphatic carbocycles. The van der Waals surface area contributed by atoms with E-state index < -0.39 is 6.10 Å². The zero-order chi connectivity index (χ0) is 18.9. The van der Waals surface area contributed by atoms with Crippen molar-refractivity contribution in [3.05, 3.63) is 95.8 Å². The zero-order valence-corrected chi connectivity index (χ0v) is 15.9. The third kappa shape index (κ3) is 6.36. The van der Waals surface area contributed by atoms with E-state index in [0.29, 0.717) is 19.8 Å². The van der Waals surface area contributed by atoms with Crippen molar-refractivity contribution in [1.82, 2.24) is 9.47 Å². The molecule has 0 amide bonds. The highest BCUT2D eigenvalue weighted by molar-refractivity contribution is 5.15. The number of aromatic nitrogens is 1. The number of hydrogen-bond donors (Lipinski definition) is 1. The van der Waals surface area contributed by atoms with Crippen LogP contribution in [0.4, 0.5) is 0 Å². The van der Waals surface area contributed by atoms with Crippen LogP contribution in [0.25, 0.3) is 0 Å². The molecule has 3 rings (SSSR count). The smallest absolute Gasteiger partial charge is 0.0900 e. The molecule has 3 aromatic rings. The molecular formula is C23H28N2O2. The first-order valence-electron chi connectivity index (χ1n) is 9.37. The van der Waals surface area contributed by atoms with E-state index in [1.165, 1.54) is 11.3 Å². The summed E-state index contributed by atoms with van der Waals surface area (Å²) in [5, 5.41) is 10.5. The molecule has 0 unspecified atom stereocenters. The van der Waals surface area contributed by atoms with Crippen LogP contribution in [0.5, 0.6) is 0 Å². The van der Waals surface area contributed by atoms with Gasteiger partial charge >= 0.3 is 0 Å². The summed E-state index contributed by atoms with van der Waals surface area (Å²) >= 11 is 0. The van der Waals surface area contributed by atoms with Gasteiger partial charge in [-0.2, -0.15) is 0 Å². The minimum atomic E-state index is -0.530. The molecule has 0 fully saturated rings. The Balaban J connectivity index is 1.55. The van der Waals surface area contributed by atoms with Crippen molar-refractivity contribution in [1.29, 1.82) is 0 Å². The fourth-order valence-electron chi connectivity index (χ4n) is 3.15. The van der Waals surface area contributed by atoms with Gasteiger partial charge in [0.1, 0.15) is 0 Å². The number of rotatable bonds is 10. The normalized spacial score (nSPS) is 12.4. The second-order valence-electron chi connectivity index (χ2n) is 6.92. The van der Waals surface area contributed by atoms with Crippen LogP contribution in [0.3, 0.4) is 0 Å². The lowest BCUT2D eigenvalue weighted by molar-refractivity contribution is 0.00681. The number of hydrogen-bond acceptors (Lipinski definition) is 3. The Hall–Kier alpha value is -2.40. The highest BCUT2D eigenvalue weighted by Crippen LogP contribution is 2.11. The lowest BCUT2D eigenvalue weighted by Crippen LogP contribution is -2.34. The highest BCUT2D eigenvalue weighted by Gasteiger charge is 2.14. The Bertz CT molecular complexity index is 786. The van der Waals surface area contributed by atoms with Crippen molar-refractivity contribution < 1.29 is 9.84 Å². The van der Waals surface area contributed by atoms with E-state index in [9.17, 15) is 5.11 Å². The first-order valence-corrected chi connectivity index (χ1v) is 9.37. The van der Waals surface area contributed by atoms with Crippen LogP contribution in [-0.4, -0.2) is 33.8 Å². The second kappa shape index (κ2) is 10.1. The topological polar surface area (TPSA) is 37.6 Å². The van der Waals surface area contributed by atoms with Gasteiger partial charge in [0.05, 0.1) is 19.3 Å². The first-order chi connectivity index (χ1) is 13.2. The minimum Gasteiger partial charge on any atom is -0.389 e. The minimum absolute atomic E-state index is 0.327. The predicted octanol–water partition coefficient (Wildman–Crippen LogP) is 3.61. The van der Waals surface area contributed by atoms with Gasteiger partial charge in [0.25, 0.3) is 0 Å². The Labute approximate surface area is 161 Å². The van der Waals surface area contributed by atoms with E-state index in [0.717, 1.165) is 18.7 Å². The molecule has 4 heteroatoms. The molecule has 1 N–H and O–H groups in total. The van der Waals surface area contributed by atoms with Gasteiger partial charge in [-0.15, -0.1) is 0 Å². The highest BCUT2D eigenvalue weighted by atomic mass is 16.5. The first kappa shape index (κ1) is 19.4. The fraction of sp³-hybridized carbons (Fsp3) is 0.304. The Morgan fingerprint density at radius 3 is 2.19 bits per heavy atom. The molecule has 0 aliphatic heterocycles. The van der Waals surface area contributed by atoms with Crippen molar-refractivity contribution in [2.24, 2.45) is 7.05 Å². The number of aliphatic hydroxyl groups is 1. The lowest BCUT2D eigenvalue weighted by atomic mass is 10.2. The van der Waals surface area contributed by atoms with Gasteiger partial charge in [-0.05, 0) is 23.3 Å². The molecule has 1 heterocycles. The SMILES string of the molecule is Cn1cccc1CN(Cc1ccccc1)C[C@H](O)COCc1ccccc1. The van der Waals surface area contributed by atoms with Crippen LogP contribution >= 0.6 is 0 Å². The predicted molar refractivity (Wildman–Crippen MR) is 108 cm³/mol. The molecule has 1 atom stereocenters. The summed E-state index contributed by atoms with van der Waals surface area (Å²) in [7, 11) is 2.05. The summed E-state index contributed by atoms with van der Waals surface area (Å²) in [5.41, 5.74) is 3.59. The molecule has 142 valence electrons. The average molecular weight is 364 g/mol. The lowest BCUT2D eigenvalue weighted by Gasteiger charge is -2.25. The van der Waals surface area contributed by atoms with Crippen LogP contribution < -0.4 is 0 Å². The van der Waals surface area contributed by atoms with Crippen molar-refractivity contribution >= 4 is 0 Å². The third-order valence-electron chi connectivity index (χ3n) is 4.58. The van der Waals surface area contributed by atoms with Crippen LogP contribution in [0.15, 0.2) is 79.0 Å². The maximum atomic E-state index is 10.5. The molecule has 4 nitrogen and oxygen atoms in total. The second-order valence-corrected chi connectivity index (χ2v) is 6.92. The van der Waals surface area contributed by atoms with Crippen LogP contribution in [-0.2, 0) is 31.5 Å². The zero-order valence-electron chi connectivity index (χ0n) is 15.9. The molecule has 0 saturated heterocycles. The Morgan fingerprint density at radius 2 is 1.56 bits per heavy atom. The van der Waals surface area contributed by atoms with Gasteiger partial charge in [0.2, 0.25) is 0 Å². The summed E-state index contributed by atoms with van der Waals surface area (Å²) in [6.07, 6.45) is 1.52. The number of benzene rings is 2. The molecular weight excluding hydrogens is 336 g/mol. The van der Waals surface area contributed by atoms with E-state index in [4.69, 9.17) is 4.74 Å². The van der Waals surface area contributed by atoms with Gasteiger partial charge in [-0.1, -0.05) is 60.7 Å². The van der Waals surface area contributed by atoms with Crippen molar-refractivity contribution in [3.8, 4) is 0 Å². The van der Waals surface area contributed by atoms with E-state index in [1.807, 2.05) is 36.4 Å². The molecule has 0 bridgehead atoms. The van der Waals surface area contributed by atoms with Gasteiger partial charge < -0.3 is 14.4 Å². The Morgan fingerprint density at radius 1 is 0.889 bits per heavy atom. The van der Waals surface area contributed by atoms with E-state index in [1.54, 1.807) is 0 Å². The molecule has 0 saturated carbocycles. The van der Waals surface area contributed by atoms with E-state index in [-0.39, 0.29) is 0 Å². The van der Waals surface area contributed by atoms with Gasteiger partial charge in [-0.3, -0.25) is 4.90 Å². The summed E-state index contributed by atoms with van der Waals surface area (Å²) in [5.74, 6) is 0. The van der Waals surface area contributed by atoms with Crippen molar-refractivity contribution in [3.63, 3.8) is 0 Å². The molecule has 27 heavy (non-hydrogen) atoms. The Kier molecular flexibility index (Phi) is 7.22. The standard InChI is InChI=1S/C23H28N2O2/c1-24-14-8-13-22(24)16-25(15-20-9-4-2-5-10-20)17-23(26)19-27-18-21-11-6-3-7-12-21/h2-14,23,26H,15-19H2,1H3/t23-/m0/s1. The van der Waals surface area contributed by atoms with Gasteiger partial charge in [0.15, 0.2) is 0 Å². The number of nitrogens with zero attached hydrogens (tertiary/aromatic N) is 2. The molecule has 1 aromatic heterocycles. The number of aryl methyl sites for hydroxylation is 1. The summed E-state index contributed by atoms with van der Waals surface area (Å²) in [6.45, 7) is 2.99. The van der Waals surface area contributed by atoms with Crippen LogP contribution in [0.1, 0.15) is 16.8 Å².